The fraction of sp³-hybridized carbons (Fsp3) is 0.391. The summed E-state index contributed by atoms with van der Waals surface area (Å²) in [6.45, 7) is 1.38. The van der Waals surface area contributed by atoms with Crippen molar-refractivity contribution in [2.45, 2.75) is 37.7 Å². The van der Waals surface area contributed by atoms with E-state index in [1.165, 1.54) is 32.2 Å². The largest absolute Gasteiger partial charge is 0.465 e. The monoisotopic (exact) mass is 506 g/mol. The van der Waals surface area contributed by atoms with Gasteiger partial charge in [-0.2, -0.15) is 26.3 Å². The maximum atomic E-state index is 13.8. The van der Waals surface area contributed by atoms with Crippen molar-refractivity contribution < 1.29 is 45.4 Å². The Kier molecular flexibility index (Phi) is 7.05. The highest BCUT2D eigenvalue weighted by Gasteiger charge is 2.40. The number of likely N-dealkylation sites (N-methyl/N-ethyl adjacent to an activating group) is 1. The van der Waals surface area contributed by atoms with Crippen LogP contribution in [0, 0.1) is 12.7 Å². The standard InChI is InChI=1S/C23H21F7N2O3/c1-12-7-13(3-4-18(12)24)17-11-32(21(34)35)6-5-19(17)31(2)20(33)14-8-15(22(25,26)27)10-16(9-14)23(28,29)30/h3-4,7-10,17,19H,5-6,11H2,1-2H3,(H,34,35)/t17-,19+/m0/s1. The van der Waals surface area contributed by atoms with Gasteiger partial charge < -0.3 is 14.9 Å². The van der Waals surface area contributed by atoms with Crippen molar-refractivity contribution in [2.24, 2.45) is 0 Å². The third-order valence-electron chi connectivity index (χ3n) is 6.11. The number of carboxylic acid groups (broad SMARTS) is 1. The second-order valence-corrected chi connectivity index (χ2v) is 8.41. The smallest absolute Gasteiger partial charge is 0.416 e. The number of nitrogens with zero attached hydrogens (tertiary/aromatic N) is 2. The van der Waals surface area contributed by atoms with E-state index in [0.717, 1.165) is 9.80 Å². The number of hydrogen-bond acceptors (Lipinski definition) is 2. The van der Waals surface area contributed by atoms with E-state index in [1.807, 2.05) is 0 Å². The highest BCUT2D eigenvalue weighted by Crippen LogP contribution is 2.37. The molecule has 0 saturated carbocycles. The SMILES string of the molecule is Cc1cc([C@@H]2CN(C(=O)O)CC[C@H]2N(C)C(=O)c2cc(C(F)(F)F)cc(C(F)(F)F)c2)ccc1F. The fourth-order valence-corrected chi connectivity index (χ4v) is 4.24. The molecular formula is C23H21F7N2O3. The maximum Gasteiger partial charge on any atom is 0.416 e. The van der Waals surface area contributed by atoms with Gasteiger partial charge in [-0.3, -0.25) is 4.79 Å². The first-order valence-corrected chi connectivity index (χ1v) is 10.4. The van der Waals surface area contributed by atoms with Crippen LogP contribution in [0.3, 0.4) is 0 Å². The molecule has 0 radical (unpaired) electrons. The van der Waals surface area contributed by atoms with Crippen LogP contribution in [0.1, 0.15) is 45.0 Å². The van der Waals surface area contributed by atoms with E-state index in [2.05, 4.69) is 0 Å². The van der Waals surface area contributed by atoms with Gasteiger partial charge in [-0.15, -0.1) is 0 Å². The molecule has 1 saturated heterocycles. The first kappa shape index (κ1) is 26.3. The molecule has 1 N–H and O–H groups in total. The van der Waals surface area contributed by atoms with E-state index in [9.17, 15) is 45.4 Å². The first-order valence-electron chi connectivity index (χ1n) is 10.4. The topological polar surface area (TPSA) is 60.9 Å². The van der Waals surface area contributed by atoms with E-state index in [0.29, 0.717) is 17.7 Å². The Morgan fingerprint density at radius 3 is 2.06 bits per heavy atom. The highest BCUT2D eigenvalue weighted by atomic mass is 19.4. The molecule has 35 heavy (non-hydrogen) atoms. The third kappa shape index (κ3) is 5.68. The van der Waals surface area contributed by atoms with Gasteiger partial charge in [0.15, 0.2) is 0 Å². The molecule has 3 rings (SSSR count). The van der Waals surface area contributed by atoms with E-state index in [1.54, 1.807) is 0 Å². The van der Waals surface area contributed by atoms with Gasteiger partial charge in [-0.05, 0) is 48.7 Å². The van der Waals surface area contributed by atoms with Crippen LogP contribution in [0.5, 0.6) is 0 Å². The molecule has 0 bridgehead atoms. The summed E-state index contributed by atoms with van der Waals surface area (Å²) >= 11 is 0. The van der Waals surface area contributed by atoms with Gasteiger partial charge in [-0.1, -0.05) is 12.1 Å². The van der Waals surface area contributed by atoms with E-state index in [-0.39, 0.29) is 31.1 Å². The number of benzene rings is 2. The lowest BCUT2D eigenvalue weighted by Gasteiger charge is -2.42. The number of amides is 2. The van der Waals surface area contributed by atoms with Crippen molar-refractivity contribution >= 4 is 12.0 Å². The number of aryl methyl sites for hydroxylation is 1. The highest BCUT2D eigenvalue weighted by molar-refractivity contribution is 5.95. The van der Waals surface area contributed by atoms with Crippen LogP contribution in [0.4, 0.5) is 35.5 Å². The van der Waals surface area contributed by atoms with Crippen molar-refractivity contribution in [3.63, 3.8) is 0 Å². The first-order chi connectivity index (χ1) is 16.1. The summed E-state index contributed by atoms with van der Waals surface area (Å²) < 4.78 is 93.3. The second-order valence-electron chi connectivity index (χ2n) is 8.41. The van der Waals surface area contributed by atoms with Gasteiger partial charge in [0.1, 0.15) is 5.82 Å². The van der Waals surface area contributed by atoms with E-state index in [4.69, 9.17) is 0 Å². The van der Waals surface area contributed by atoms with Gasteiger partial charge >= 0.3 is 18.4 Å². The Bertz CT molecular complexity index is 1100. The molecular weight excluding hydrogens is 485 g/mol. The van der Waals surface area contributed by atoms with Gasteiger partial charge in [0.25, 0.3) is 5.91 Å². The number of rotatable bonds is 3. The Labute approximate surface area is 195 Å². The van der Waals surface area contributed by atoms with Crippen molar-refractivity contribution in [1.29, 1.82) is 0 Å². The van der Waals surface area contributed by atoms with Gasteiger partial charge in [0.2, 0.25) is 0 Å². The minimum absolute atomic E-state index is 0.00924. The molecule has 0 unspecified atom stereocenters. The predicted molar refractivity (Wildman–Crippen MR) is 110 cm³/mol. The summed E-state index contributed by atoms with van der Waals surface area (Å²) in [6.07, 6.45) is -11.4. The average Bonchev–Trinajstić information content (AvgIpc) is 2.78. The number of carbonyl (C=O) groups is 2. The summed E-state index contributed by atoms with van der Waals surface area (Å²) in [7, 11) is 1.24. The molecule has 0 aromatic heterocycles. The third-order valence-corrected chi connectivity index (χ3v) is 6.11. The molecule has 2 atom stereocenters. The Morgan fingerprint density at radius 1 is 1.00 bits per heavy atom. The van der Waals surface area contributed by atoms with Crippen molar-refractivity contribution in [3.05, 3.63) is 70.0 Å². The van der Waals surface area contributed by atoms with Crippen molar-refractivity contribution in [2.75, 3.05) is 20.1 Å². The molecule has 2 amide bonds. The molecule has 2 aromatic carbocycles. The van der Waals surface area contributed by atoms with Gasteiger partial charge in [0.05, 0.1) is 11.1 Å². The molecule has 1 aliphatic rings. The number of piperidine rings is 1. The molecule has 1 aliphatic heterocycles. The number of hydrogen-bond donors (Lipinski definition) is 1. The molecule has 0 aliphatic carbocycles. The van der Waals surface area contributed by atoms with Crippen LogP contribution in [0.25, 0.3) is 0 Å². The molecule has 2 aromatic rings. The van der Waals surface area contributed by atoms with Crippen LogP contribution < -0.4 is 0 Å². The normalized spacial score (nSPS) is 18.9. The van der Waals surface area contributed by atoms with Gasteiger partial charge in [0, 0.05) is 37.7 Å². The summed E-state index contributed by atoms with van der Waals surface area (Å²) in [5.74, 6) is -2.29. The van der Waals surface area contributed by atoms with Crippen molar-refractivity contribution in [3.8, 4) is 0 Å². The van der Waals surface area contributed by atoms with E-state index < -0.39 is 58.8 Å². The minimum atomic E-state index is -5.12. The predicted octanol–water partition coefficient (Wildman–Crippen LogP) is 5.78. The van der Waals surface area contributed by atoms with Crippen LogP contribution in [-0.2, 0) is 12.4 Å². The number of alkyl halides is 6. The van der Waals surface area contributed by atoms with Crippen LogP contribution >= 0.6 is 0 Å². The zero-order chi connectivity index (χ0) is 26.3. The Morgan fingerprint density at radius 2 is 1.57 bits per heavy atom. The van der Waals surface area contributed by atoms with Crippen molar-refractivity contribution in [1.82, 2.24) is 9.80 Å². The lowest BCUT2D eigenvalue weighted by molar-refractivity contribution is -0.143. The van der Waals surface area contributed by atoms with Crippen LogP contribution in [-0.4, -0.2) is 53.1 Å². The Balaban J connectivity index is 2.02. The lowest BCUT2D eigenvalue weighted by Crippen LogP contribution is -2.51. The minimum Gasteiger partial charge on any atom is -0.465 e. The quantitative estimate of drug-likeness (QED) is 0.537. The fourth-order valence-electron chi connectivity index (χ4n) is 4.24. The molecule has 1 fully saturated rings. The maximum absolute atomic E-state index is 13.8. The number of halogens is 7. The van der Waals surface area contributed by atoms with Gasteiger partial charge in [-0.25, -0.2) is 9.18 Å². The Hall–Kier alpha value is -3.31. The van der Waals surface area contributed by atoms with E-state index >= 15 is 0 Å². The van der Waals surface area contributed by atoms with Crippen LogP contribution in [0.15, 0.2) is 36.4 Å². The molecule has 190 valence electrons. The molecule has 1 heterocycles. The number of likely N-dealkylation sites (tertiary alicyclic amines) is 1. The number of carbonyl (C=O) groups excluding carboxylic acids is 1. The molecule has 12 heteroatoms. The second kappa shape index (κ2) is 9.38. The lowest BCUT2D eigenvalue weighted by atomic mass is 9.84. The molecule has 0 spiro atoms. The average molecular weight is 506 g/mol. The summed E-state index contributed by atoms with van der Waals surface area (Å²) in [5.41, 5.74) is -3.29. The summed E-state index contributed by atoms with van der Waals surface area (Å²) in [5, 5.41) is 9.40. The zero-order valence-corrected chi connectivity index (χ0v) is 18.5. The van der Waals surface area contributed by atoms with Crippen LogP contribution in [0.2, 0.25) is 0 Å². The molecule has 5 nitrogen and oxygen atoms in total. The summed E-state index contributed by atoms with van der Waals surface area (Å²) in [6, 6.07) is 3.94. The summed E-state index contributed by atoms with van der Waals surface area (Å²) in [4.78, 5) is 26.7. The zero-order valence-electron chi connectivity index (χ0n) is 18.5.